The zero-order valence-corrected chi connectivity index (χ0v) is 16.5. The first-order valence-electron chi connectivity index (χ1n) is 7.63. The van der Waals surface area contributed by atoms with Gasteiger partial charge in [0.1, 0.15) is 11.2 Å². The van der Waals surface area contributed by atoms with Gasteiger partial charge in [-0.3, -0.25) is 10.1 Å². The molecule has 0 N–H and O–H groups in total. The highest BCUT2D eigenvalue weighted by molar-refractivity contribution is 9.10. The molecule has 1 saturated heterocycles. The standard InChI is InChI=1S/C16H11BrCl2F3N3O2/c17-14-12(25(26)27)1-2-13(23-14)24-4-3-15(8-24,16(20,21)22)9-5-10(18)7-11(19)6-9/h1-2,5-7H,3-4,8H2. The molecule has 2 heterocycles. The predicted octanol–water partition coefficient (Wildman–Crippen LogP) is 5.77. The highest BCUT2D eigenvalue weighted by atomic mass is 79.9. The molecular weight excluding hydrogens is 474 g/mol. The molecule has 144 valence electrons. The number of nitro groups is 1. The number of rotatable bonds is 3. The van der Waals surface area contributed by atoms with E-state index in [4.69, 9.17) is 23.2 Å². The van der Waals surface area contributed by atoms with Crippen LogP contribution in [0, 0.1) is 10.1 Å². The third kappa shape index (κ3) is 3.72. The Kier molecular flexibility index (Phi) is 5.31. The minimum Gasteiger partial charge on any atom is -0.355 e. The molecule has 2 aromatic rings. The lowest BCUT2D eigenvalue weighted by Gasteiger charge is -2.32. The average Bonchev–Trinajstić information content (AvgIpc) is 3.00. The first-order chi connectivity index (χ1) is 12.5. The van der Waals surface area contributed by atoms with Crippen molar-refractivity contribution in [1.29, 1.82) is 0 Å². The maximum atomic E-state index is 14.1. The maximum absolute atomic E-state index is 14.1. The van der Waals surface area contributed by atoms with Crippen molar-refractivity contribution in [2.75, 3.05) is 18.0 Å². The van der Waals surface area contributed by atoms with Gasteiger partial charge in [0.2, 0.25) is 0 Å². The Hall–Kier alpha value is -1.58. The monoisotopic (exact) mass is 483 g/mol. The molecule has 1 fully saturated rings. The second-order valence-electron chi connectivity index (χ2n) is 6.15. The Labute approximate surface area is 170 Å². The van der Waals surface area contributed by atoms with Crippen LogP contribution in [-0.2, 0) is 5.41 Å². The van der Waals surface area contributed by atoms with Crippen LogP contribution in [0.25, 0.3) is 0 Å². The number of hydrogen-bond acceptors (Lipinski definition) is 4. The molecule has 1 aliphatic heterocycles. The van der Waals surface area contributed by atoms with Crippen LogP contribution >= 0.6 is 39.1 Å². The first-order valence-corrected chi connectivity index (χ1v) is 9.17. The van der Waals surface area contributed by atoms with Crippen LogP contribution in [0.1, 0.15) is 12.0 Å². The van der Waals surface area contributed by atoms with Crippen LogP contribution < -0.4 is 4.90 Å². The Morgan fingerprint density at radius 3 is 2.37 bits per heavy atom. The molecule has 0 radical (unpaired) electrons. The summed E-state index contributed by atoms with van der Waals surface area (Å²) in [7, 11) is 0. The van der Waals surface area contributed by atoms with E-state index in [0.717, 1.165) is 0 Å². The number of anilines is 1. The molecular formula is C16H11BrCl2F3N3O2. The number of halogens is 6. The number of aromatic nitrogens is 1. The number of alkyl halides is 3. The van der Waals surface area contributed by atoms with Gasteiger partial charge in [-0.1, -0.05) is 23.2 Å². The summed E-state index contributed by atoms with van der Waals surface area (Å²) in [5.74, 6) is 0.215. The molecule has 0 bridgehead atoms. The van der Waals surface area contributed by atoms with E-state index in [1.165, 1.54) is 35.2 Å². The zero-order valence-electron chi connectivity index (χ0n) is 13.4. The molecule has 1 aromatic heterocycles. The van der Waals surface area contributed by atoms with Gasteiger partial charge in [-0.2, -0.15) is 13.2 Å². The molecule has 1 aliphatic rings. The van der Waals surface area contributed by atoms with Crippen molar-refractivity contribution >= 4 is 50.6 Å². The van der Waals surface area contributed by atoms with Crippen molar-refractivity contribution in [3.05, 3.63) is 60.7 Å². The van der Waals surface area contributed by atoms with Crippen molar-refractivity contribution in [2.24, 2.45) is 0 Å². The first kappa shape index (κ1) is 20.2. The fourth-order valence-corrected chi connectivity index (χ4v) is 4.18. The van der Waals surface area contributed by atoms with Crippen LogP contribution in [0.4, 0.5) is 24.7 Å². The fraction of sp³-hybridized carbons (Fsp3) is 0.312. The van der Waals surface area contributed by atoms with Crippen molar-refractivity contribution in [3.63, 3.8) is 0 Å². The highest BCUT2D eigenvalue weighted by Gasteiger charge is 2.59. The Morgan fingerprint density at radius 2 is 1.85 bits per heavy atom. The minimum absolute atomic E-state index is 0.0176. The zero-order chi connectivity index (χ0) is 20.0. The van der Waals surface area contributed by atoms with Crippen molar-refractivity contribution in [2.45, 2.75) is 18.0 Å². The maximum Gasteiger partial charge on any atom is 0.400 e. The summed E-state index contributed by atoms with van der Waals surface area (Å²) in [6, 6.07) is 6.45. The smallest absolute Gasteiger partial charge is 0.355 e. The lowest BCUT2D eigenvalue weighted by Crippen LogP contribution is -2.45. The minimum atomic E-state index is -4.55. The summed E-state index contributed by atoms with van der Waals surface area (Å²) < 4.78 is 42.2. The van der Waals surface area contributed by atoms with Crippen LogP contribution in [0.15, 0.2) is 34.9 Å². The van der Waals surface area contributed by atoms with Gasteiger partial charge in [-0.25, -0.2) is 4.98 Å². The summed E-state index contributed by atoms with van der Waals surface area (Å²) in [5, 5.41) is 11.1. The van der Waals surface area contributed by atoms with Gasteiger partial charge in [0, 0.05) is 29.2 Å². The largest absolute Gasteiger partial charge is 0.400 e. The highest BCUT2D eigenvalue weighted by Crippen LogP contribution is 2.49. The van der Waals surface area contributed by atoms with E-state index in [0.29, 0.717) is 0 Å². The van der Waals surface area contributed by atoms with E-state index in [2.05, 4.69) is 20.9 Å². The molecule has 0 amide bonds. The fourth-order valence-electron chi connectivity index (χ4n) is 3.20. The third-order valence-corrected chi connectivity index (χ3v) is 5.58. The van der Waals surface area contributed by atoms with Crippen molar-refractivity contribution < 1.29 is 18.1 Å². The Morgan fingerprint density at radius 1 is 1.22 bits per heavy atom. The quantitative estimate of drug-likeness (QED) is 0.315. The second kappa shape index (κ2) is 7.10. The van der Waals surface area contributed by atoms with Gasteiger partial charge < -0.3 is 4.90 Å². The van der Waals surface area contributed by atoms with E-state index in [1.807, 2.05) is 0 Å². The van der Waals surface area contributed by atoms with E-state index in [9.17, 15) is 23.3 Å². The molecule has 27 heavy (non-hydrogen) atoms. The number of nitrogens with zero attached hydrogens (tertiary/aromatic N) is 3. The van der Waals surface area contributed by atoms with Crippen LogP contribution in [0.2, 0.25) is 10.0 Å². The lowest BCUT2D eigenvalue weighted by molar-refractivity contribution is -0.386. The summed E-state index contributed by atoms with van der Waals surface area (Å²) >= 11 is 14.8. The molecule has 1 atom stereocenters. The van der Waals surface area contributed by atoms with Gasteiger partial charge >= 0.3 is 11.9 Å². The lowest BCUT2D eigenvalue weighted by atomic mass is 9.79. The van der Waals surface area contributed by atoms with E-state index in [-0.39, 0.29) is 44.7 Å². The molecule has 11 heteroatoms. The molecule has 3 rings (SSSR count). The third-order valence-electron chi connectivity index (χ3n) is 4.56. The molecule has 0 aliphatic carbocycles. The van der Waals surface area contributed by atoms with E-state index in [1.54, 1.807) is 0 Å². The molecule has 0 spiro atoms. The number of hydrogen-bond donors (Lipinski definition) is 0. The molecule has 1 unspecified atom stereocenters. The molecule has 5 nitrogen and oxygen atoms in total. The van der Waals surface area contributed by atoms with Crippen molar-refractivity contribution in [3.8, 4) is 0 Å². The second-order valence-corrected chi connectivity index (χ2v) is 7.77. The van der Waals surface area contributed by atoms with Crippen LogP contribution in [0.5, 0.6) is 0 Å². The van der Waals surface area contributed by atoms with Gasteiger partial charge in [0.15, 0.2) is 4.60 Å². The van der Waals surface area contributed by atoms with Crippen LogP contribution in [0.3, 0.4) is 0 Å². The topological polar surface area (TPSA) is 59.3 Å². The van der Waals surface area contributed by atoms with Gasteiger partial charge in [-0.05, 0) is 52.2 Å². The molecule has 1 aromatic carbocycles. The molecule has 0 saturated carbocycles. The average molecular weight is 485 g/mol. The summed E-state index contributed by atoms with van der Waals surface area (Å²) in [6.45, 7) is -0.328. The predicted molar refractivity (Wildman–Crippen MR) is 99.6 cm³/mol. The van der Waals surface area contributed by atoms with E-state index < -0.39 is 23.1 Å². The number of pyridine rings is 1. The summed E-state index contributed by atoms with van der Waals surface area (Å²) in [4.78, 5) is 15.7. The van der Waals surface area contributed by atoms with Gasteiger partial charge in [0.05, 0.1) is 4.92 Å². The van der Waals surface area contributed by atoms with Crippen molar-refractivity contribution in [1.82, 2.24) is 4.98 Å². The number of benzene rings is 1. The van der Waals surface area contributed by atoms with Crippen LogP contribution in [-0.4, -0.2) is 29.2 Å². The SMILES string of the molecule is O=[N+]([O-])c1ccc(N2CCC(c3cc(Cl)cc(Cl)c3)(C(F)(F)F)C2)nc1Br. The summed E-state index contributed by atoms with van der Waals surface area (Å²) in [6.07, 6.45) is -4.77. The van der Waals surface area contributed by atoms with E-state index >= 15 is 0 Å². The van der Waals surface area contributed by atoms with Gasteiger partial charge in [-0.15, -0.1) is 0 Å². The Balaban J connectivity index is 2.01. The normalized spacial score (nSPS) is 20.1. The summed E-state index contributed by atoms with van der Waals surface area (Å²) in [5.41, 5.74) is -2.45. The van der Waals surface area contributed by atoms with Gasteiger partial charge in [0.25, 0.3) is 0 Å². The Bertz CT molecular complexity index is 893.